The Morgan fingerprint density at radius 1 is 1.26 bits per heavy atom. The third-order valence-corrected chi connectivity index (χ3v) is 2.91. The van der Waals surface area contributed by atoms with Crippen LogP contribution in [0.5, 0.6) is 5.75 Å². The SMILES string of the molecule is CCOc1ccc(CCNC(C)(C)C(=O)OC)cc1. The Balaban J connectivity index is 2.42. The van der Waals surface area contributed by atoms with Crippen LogP contribution in [0.4, 0.5) is 0 Å². The second kappa shape index (κ2) is 7.14. The molecule has 0 saturated carbocycles. The molecule has 1 N–H and O–H groups in total. The molecule has 4 heteroatoms. The smallest absolute Gasteiger partial charge is 0.325 e. The van der Waals surface area contributed by atoms with E-state index in [4.69, 9.17) is 9.47 Å². The van der Waals surface area contributed by atoms with Gasteiger partial charge in [0.25, 0.3) is 0 Å². The lowest BCUT2D eigenvalue weighted by Gasteiger charge is -2.23. The lowest BCUT2D eigenvalue weighted by Crippen LogP contribution is -2.48. The van der Waals surface area contributed by atoms with Gasteiger partial charge in [-0.05, 0) is 44.9 Å². The van der Waals surface area contributed by atoms with E-state index in [1.54, 1.807) is 0 Å². The first kappa shape index (κ1) is 15.5. The molecule has 4 nitrogen and oxygen atoms in total. The van der Waals surface area contributed by atoms with Gasteiger partial charge in [-0.3, -0.25) is 4.79 Å². The van der Waals surface area contributed by atoms with Gasteiger partial charge in [0, 0.05) is 6.54 Å². The summed E-state index contributed by atoms with van der Waals surface area (Å²) in [7, 11) is 1.40. The highest BCUT2D eigenvalue weighted by Gasteiger charge is 2.27. The van der Waals surface area contributed by atoms with Crippen LogP contribution in [-0.4, -0.2) is 31.8 Å². The van der Waals surface area contributed by atoms with Crippen LogP contribution < -0.4 is 10.1 Å². The van der Waals surface area contributed by atoms with Crippen LogP contribution in [0.2, 0.25) is 0 Å². The molecule has 0 aliphatic rings. The monoisotopic (exact) mass is 265 g/mol. The molecule has 0 atom stereocenters. The number of hydrogen-bond acceptors (Lipinski definition) is 4. The van der Waals surface area contributed by atoms with Crippen molar-refractivity contribution in [1.82, 2.24) is 5.32 Å². The fourth-order valence-electron chi connectivity index (χ4n) is 1.77. The summed E-state index contributed by atoms with van der Waals surface area (Å²) in [6.07, 6.45) is 0.854. The third kappa shape index (κ3) is 4.91. The average Bonchev–Trinajstić information content (AvgIpc) is 2.40. The van der Waals surface area contributed by atoms with E-state index in [1.165, 1.54) is 12.7 Å². The van der Waals surface area contributed by atoms with Crippen molar-refractivity contribution >= 4 is 5.97 Å². The highest BCUT2D eigenvalue weighted by Crippen LogP contribution is 2.12. The molecule has 0 aromatic heterocycles. The van der Waals surface area contributed by atoms with Gasteiger partial charge in [0.2, 0.25) is 0 Å². The maximum Gasteiger partial charge on any atom is 0.325 e. The van der Waals surface area contributed by atoms with Crippen molar-refractivity contribution < 1.29 is 14.3 Å². The molecule has 0 aliphatic carbocycles. The normalized spacial score (nSPS) is 11.2. The highest BCUT2D eigenvalue weighted by atomic mass is 16.5. The summed E-state index contributed by atoms with van der Waals surface area (Å²) >= 11 is 0. The molecule has 0 heterocycles. The number of nitrogens with one attached hydrogen (secondary N) is 1. The van der Waals surface area contributed by atoms with E-state index < -0.39 is 5.54 Å². The summed E-state index contributed by atoms with van der Waals surface area (Å²) in [5.41, 5.74) is 0.552. The van der Waals surface area contributed by atoms with Gasteiger partial charge in [0.15, 0.2) is 0 Å². The topological polar surface area (TPSA) is 47.6 Å². The molecule has 0 fully saturated rings. The van der Waals surface area contributed by atoms with Crippen molar-refractivity contribution in [3.8, 4) is 5.75 Å². The summed E-state index contributed by atoms with van der Waals surface area (Å²) in [6.45, 7) is 6.99. The average molecular weight is 265 g/mol. The summed E-state index contributed by atoms with van der Waals surface area (Å²) in [5, 5.41) is 3.19. The number of hydrogen-bond donors (Lipinski definition) is 1. The van der Waals surface area contributed by atoms with E-state index in [0.29, 0.717) is 6.61 Å². The zero-order valence-corrected chi connectivity index (χ0v) is 12.2. The standard InChI is InChI=1S/C15H23NO3/c1-5-19-13-8-6-12(7-9-13)10-11-16-15(2,3)14(17)18-4/h6-9,16H,5,10-11H2,1-4H3. The van der Waals surface area contributed by atoms with Gasteiger partial charge in [0.05, 0.1) is 13.7 Å². The molecule has 0 aliphatic heterocycles. The minimum atomic E-state index is -0.653. The predicted molar refractivity (Wildman–Crippen MR) is 75.4 cm³/mol. The van der Waals surface area contributed by atoms with Crippen LogP contribution in [0.15, 0.2) is 24.3 Å². The van der Waals surface area contributed by atoms with Gasteiger partial charge in [-0.2, -0.15) is 0 Å². The minimum Gasteiger partial charge on any atom is -0.494 e. The van der Waals surface area contributed by atoms with Gasteiger partial charge in [-0.25, -0.2) is 0 Å². The second-order valence-corrected chi connectivity index (χ2v) is 4.87. The van der Waals surface area contributed by atoms with Crippen LogP contribution in [0.3, 0.4) is 0 Å². The molecule has 0 radical (unpaired) electrons. The Labute approximate surface area is 115 Å². The van der Waals surface area contributed by atoms with Gasteiger partial charge in [0.1, 0.15) is 11.3 Å². The largest absolute Gasteiger partial charge is 0.494 e. The van der Waals surface area contributed by atoms with Crippen molar-refractivity contribution in [3.05, 3.63) is 29.8 Å². The van der Waals surface area contributed by atoms with E-state index >= 15 is 0 Å². The van der Waals surface area contributed by atoms with Gasteiger partial charge in [-0.15, -0.1) is 0 Å². The Kier molecular flexibility index (Phi) is 5.83. The fraction of sp³-hybridized carbons (Fsp3) is 0.533. The van der Waals surface area contributed by atoms with Crippen molar-refractivity contribution in [2.75, 3.05) is 20.3 Å². The van der Waals surface area contributed by atoms with Crippen molar-refractivity contribution in [1.29, 1.82) is 0 Å². The summed E-state index contributed by atoms with van der Waals surface area (Å²) in [6, 6.07) is 8.00. The molecule has 0 saturated heterocycles. The van der Waals surface area contributed by atoms with Crippen LogP contribution >= 0.6 is 0 Å². The lowest BCUT2D eigenvalue weighted by atomic mass is 10.1. The van der Waals surface area contributed by atoms with E-state index in [-0.39, 0.29) is 5.97 Å². The Bertz CT molecular complexity index is 398. The van der Waals surface area contributed by atoms with Crippen LogP contribution in [-0.2, 0) is 16.0 Å². The summed E-state index contributed by atoms with van der Waals surface area (Å²) in [5.74, 6) is 0.633. The molecule has 0 bridgehead atoms. The van der Waals surface area contributed by atoms with E-state index in [9.17, 15) is 4.79 Å². The zero-order chi connectivity index (χ0) is 14.3. The quantitative estimate of drug-likeness (QED) is 0.768. The third-order valence-electron chi connectivity index (χ3n) is 2.91. The fourth-order valence-corrected chi connectivity index (χ4v) is 1.77. The Hall–Kier alpha value is -1.55. The first-order valence-electron chi connectivity index (χ1n) is 6.54. The van der Waals surface area contributed by atoms with Gasteiger partial charge >= 0.3 is 5.97 Å². The minimum absolute atomic E-state index is 0.251. The van der Waals surface area contributed by atoms with Crippen LogP contribution in [0.25, 0.3) is 0 Å². The predicted octanol–water partition coefficient (Wildman–Crippen LogP) is 2.17. The first-order valence-corrected chi connectivity index (χ1v) is 6.54. The van der Waals surface area contributed by atoms with Gasteiger partial charge in [-0.1, -0.05) is 12.1 Å². The number of esters is 1. The molecule has 1 aromatic rings. The number of rotatable bonds is 7. The summed E-state index contributed by atoms with van der Waals surface area (Å²) < 4.78 is 10.1. The first-order chi connectivity index (χ1) is 8.99. The number of ether oxygens (including phenoxy) is 2. The lowest BCUT2D eigenvalue weighted by molar-refractivity contribution is -0.147. The number of carbonyl (C=O) groups is 1. The Morgan fingerprint density at radius 2 is 1.89 bits per heavy atom. The summed E-state index contributed by atoms with van der Waals surface area (Å²) in [4.78, 5) is 11.5. The molecular formula is C15H23NO3. The van der Waals surface area contributed by atoms with E-state index in [1.807, 2.05) is 45.0 Å². The van der Waals surface area contributed by atoms with Crippen molar-refractivity contribution in [3.63, 3.8) is 0 Å². The van der Waals surface area contributed by atoms with E-state index in [2.05, 4.69) is 5.32 Å². The molecule has 0 amide bonds. The Morgan fingerprint density at radius 3 is 2.42 bits per heavy atom. The maximum absolute atomic E-state index is 11.5. The molecule has 1 rings (SSSR count). The molecule has 0 unspecified atom stereocenters. The molecular weight excluding hydrogens is 242 g/mol. The molecule has 1 aromatic carbocycles. The molecule has 0 spiro atoms. The molecule has 19 heavy (non-hydrogen) atoms. The van der Waals surface area contributed by atoms with Crippen molar-refractivity contribution in [2.24, 2.45) is 0 Å². The second-order valence-electron chi connectivity index (χ2n) is 4.87. The van der Waals surface area contributed by atoms with Crippen LogP contribution in [0, 0.1) is 0 Å². The number of carbonyl (C=O) groups excluding carboxylic acids is 1. The zero-order valence-electron chi connectivity index (χ0n) is 12.2. The highest BCUT2D eigenvalue weighted by molar-refractivity contribution is 5.79. The van der Waals surface area contributed by atoms with Gasteiger partial charge < -0.3 is 14.8 Å². The number of methoxy groups -OCH3 is 1. The van der Waals surface area contributed by atoms with Crippen molar-refractivity contribution in [2.45, 2.75) is 32.7 Å². The maximum atomic E-state index is 11.5. The van der Waals surface area contributed by atoms with Crippen LogP contribution in [0.1, 0.15) is 26.3 Å². The number of benzene rings is 1. The van der Waals surface area contributed by atoms with E-state index in [0.717, 1.165) is 18.7 Å². The molecule has 106 valence electrons.